The molecule has 0 aliphatic heterocycles. The van der Waals surface area contributed by atoms with Crippen LogP contribution < -0.4 is 4.74 Å². The van der Waals surface area contributed by atoms with Gasteiger partial charge in [-0.05, 0) is 30.7 Å². The van der Waals surface area contributed by atoms with Crippen molar-refractivity contribution >= 4 is 11.6 Å². The van der Waals surface area contributed by atoms with E-state index in [-0.39, 0.29) is 18.0 Å². The van der Waals surface area contributed by atoms with Crippen molar-refractivity contribution in [2.45, 2.75) is 19.4 Å². The molecule has 1 aliphatic carbocycles. The van der Waals surface area contributed by atoms with E-state index in [2.05, 4.69) is 0 Å². The Bertz CT molecular complexity index is 446. The van der Waals surface area contributed by atoms with Crippen LogP contribution in [0.5, 0.6) is 5.75 Å². The summed E-state index contributed by atoms with van der Waals surface area (Å²) in [6.07, 6.45) is 0.828. The normalized spacial score (nSPS) is 20.6. The molecule has 16 heavy (non-hydrogen) atoms. The Morgan fingerprint density at radius 2 is 1.88 bits per heavy atom. The van der Waals surface area contributed by atoms with Crippen LogP contribution in [0.2, 0.25) is 0 Å². The molecule has 0 radical (unpaired) electrons. The van der Waals surface area contributed by atoms with Gasteiger partial charge in [-0.15, -0.1) is 0 Å². The number of carbonyl (C=O) groups excluding carboxylic acids is 2. The van der Waals surface area contributed by atoms with E-state index in [1.165, 1.54) is 6.08 Å². The van der Waals surface area contributed by atoms with Crippen molar-refractivity contribution in [1.82, 2.24) is 0 Å². The lowest BCUT2D eigenvalue weighted by molar-refractivity contribution is -0.128. The monoisotopic (exact) mass is 216 g/mol. The maximum Gasteiger partial charge on any atom is 0.196 e. The molecule has 1 aromatic rings. The van der Waals surface area contributed by atoms with Crippen LogP contribution in [0.1, 0.15) is 13.3 Å². The Labute approximate surface area is 93.7 Å². The molecule has 82 valence electrons. The third-order valence-electron chi connectivity index (χ3n) is 2.51. The average molecular weight is 216 g/mol. The second kappa shape index (κ2) is 4.31. The summed E-state index contributed by atoms with van der Waals surface area (Å²) in [5.41, 5.74) is 0.512. The van der Waals surface area contributed by atoms with Crippen LogP contribution in [0.15, 0.2) is 42.0 Å². The van der Waals surface area contributed by atoms with Gasteiger partial charge in [-0.25, -0.2) is 0 Å². The van der Waals surface area contributed by atoms with Gasteiger partial charge in [0.2, 0.25) is 0 Å². The Morgan fingerprint density at radius 1 is 1.19 bits per heavy atom. The number of ketones is 2. The SMILES string of the molecule is CC1=CC(=O)C(Oc2ccccc2)CC1=O. The predicted molar refractivity (Wildman–Crippen MR) is 59.2 cm³/mol. The van der Waals surface area contributed by atoms with Crippen LogP contribution in [0.4, 0.5) is 0 Å². The minimum absolute atomic E-state index is 0.0273. The highest BCUT2D eigenvalue weighted by Crippen LogP contribution is 2.18. The van der Waals surface area contributed by atoms with E-state index in [0.717, 1.165) is 0 Å². The molecule has 0 bridgehead atoms. The van der Waals surface area contributed by atoms with E-state index < -0.39 is 6.10 Å². The van der Waals surface area contributed by atoms with E-state index in [0.29, 0.717) is 11.3 Å². The van der Waals surface area contributed by atoms with Crippen LogP contribution in [-0.4, -0.2) is 17.7 Å². The zero-order valence-corrected chi connectivity index (χ0v) is 8.97. The van der Waals surface area contributed by atoms with Gasteiger partial charge < -0.3 is 4.74 Å². The van der Waals surface area contributed by atoms with Gasteiger partial charge in [0.15, 0.2) is 17.7 Å². The largest absolute Gasteiger partial charge is 0.482 e. The first-order chi connectivity index (χ1) is 7.66. The maximum absolute atomic E-state index is 11.6. The molecular formula is C13H12O3. The van der Waals surface area contributed by atoms with E-state index in [1.807, 2.05) is 18.2 Å². The van der Waals surface area contributed by atoms with Crippen molar-refractivity contribution in [3.05, 3.63) is 42.0 Å². The fraction of sp³-hybridized carbons (Fsp3) is 0.231. The molecule has 1 unspecified atom stereocenters. The fourth-order valence-corrected chi connectivity index (χ4v) is 1.58. The number of Topliss-reactive ketones (excluding diaryl/α,β-unsaturated/α-hetero) is 1. The molecule has 2 rings (SSSR count). The molecule has 3 heteroatoms. The Hall–Kier alpha value is -1.90. The number of carbonyl (C=O) groups is 2. The molecule has 0 fully saturated rings. The third kappa shape index (κ3) is 2.19. The first-order valence-electron chi connectivity index (χ1n) is 5.14. The van der Waals surface area contributed by atoms with Crippen molar-refractivity contribution < 1.29 is 14.3 Å². The second-order valence-corrected chi connectivity index (χ2v) is 3.78. The molecule has 1 aromatic carbocycles. The summed E-state index contributed by atoms with van der Waals surface area (Å²) in [6, 6.07) is 9.05. The summed E-state index contributed by atoms with van der Waals surface area (Å²) < 4.78 is 5.47. The quantitative estimate of drug-likeness (QED) is 0.758. The summed E-state index contributed by atoms with van der Waals surface area (Å²) in [5, 5.41) is 0. The lowest BCUT2D eigenvalue weighted by atomic mass is 9.96. The van der Waals surface area contributed by atoms with Crippen molar-refractivity contribution in [2.75, 3.05) is 0 Å². The molecule has 3 nitrogen and oxygen atoms in total. The summed E-state index contributed by atoms with van der Waals surface area (Å²) >= 11 is 0. The summed E-state index contributed by atoms with van der Waals surface area (Å²) in [5.74, 6) is 0.447. The van der Waals surface area contributed by atoms with Crippen LogP contribution in [0, 0.1) is 0 Å². The Kier molecular flexibility index (Phi) is 2.86. The summed E-state index contributed by atoms with van der Waals surface area (Å²) in [7, 11) is 0. The number of ether oxygens (including phenoxy) is 1. The molecule has 0 aromatic heterocycles. The van der Waals surface area contributed by atoms with Crippen LogP contribution in [-0.2, 0) is 9.59 Å². The number of hydrogen-bond acceptors (Lipinski definition) is 3. The number of allylic oxidation sites excluding steroid dienone is 1. The van der Waals surface area contributed by atoms with Gasteiger partial charge in [0.05, 0.1) is 6.42 Å². The smallest absolute Gasteiger partial charge is 0.196 e. The van der Waals surface area contributed by atoms with Crippen molar-refractivity contribution in [3.63, 3.8) is 0 Å². The van der Waals surface area contributed by atoms with Crippen molar-refractivity contribution in [1.29, 1.82) is 0 Å². The molecule has 0 saturated carbocycles. The lowest BCUT2D eigenvalue weighted by Gasteiger charge is -2.19. The molecule has 0 saturated heterocycles. The number of rotatable bonds is 2. The first-order valence-corrected chi connectivity index (χ1v) is 5.14. The fourth-order valence-electron chi connectivity index (χ4n) is 1.58. The van der Waals surface area contributed by atoms with Crippen LogP contribution in [0.3, 0.4) is 0 Å². The topological polar surface area (TPSA) is 43.4 Å². The second-order valence-electron chi connectivity index (χ2n) is 3.78. The van der Waals surface area contributed by atoms with Crippen LogP contribution >= 0.6 is 0 Å². The standard InChI is InChI=1S/C13H12O3/c1-9-7-12(15)13(8-11(9)14)16-10-5-3-2-4-6-10/h2-7,13H,8H2,1H3. The molecule has 1 aliphatic rings. The maximum atomic E-state index is 11.6. The minimum Gasteiger partial charge on any atom is -0.482 e. The van der Waals surface area contributed by atoms with E-state index in [9.17, 15) is 9.59 Å². The summed E-state index contributed by atoms with van der Waals surface area (Å²) in [6.45, 7) is 1.65. The molecule has 0 amide bonds. The van der Waals surface area contributed by atoms with Crippen molar-refractivity contribution in [2.24, 2.45) is 0 Å². The minimum atomic E-state index is -0.668. The zero-order chi connectivity index (χ0) is 11.5. The molecule has 0 heterocycles. The van der Waals surface area contributed by atoms with Gasteiger partial charge in [0.1, 0.15) is 5.75 Å². The summed E-state index contributed by atoms with van der Waals surface area (Å²) in [4.78, 5) is 23.0. The molecular weight excluding hydrogens is 204 g/mol. The number of para-hydroxylation sites is 1. The zero-order valence-electron chi connectivity index (χ0n) is 8.97. The van der Waals surface area contributed by atoms with Gasteiger partial charge in [-0.3, -0.25) is 9.59 Å². The average Bonchev–Trinajstić information content (AvgIpc) is 2.27. The highest BCUT2D eigenvalue weighted by atomic mass is 16.5. The van der Waals surface area contributed by atoms with Crippen LogP contribution in [0.25, 0.3) is 0 Å². The van der Waals surface area contributed by atoms with Gasteiger partial charge in [-0.2, -0.15) is 0 Å². The Morgan fingerprint density at radius 3 is 2.56 bits per heavy atom. The lowest BCUT2D eigenvalue weighted by Crippen LogP contribution is -2.33. The van der Waals surface area contributed by atoms with E-state index in [4.69, 9.17) is 4.74 Å². The molecule has 0 N–H and O–H groups in total. The number of benzene rings is 1. The Balaban J connectivity index is 2.13. The molecule has 1 atom stereocenters. The highest BCUT2D eigenvalue weighted by Gasteiger charge is 2.27. The third-order valence-corrected chi connectivity index (χ3v) is 2.51. The van der Waals surface area contributed by atoms with Gasteiger partial charge in [0, 0.05) is 0 Å². The van der Waals surface area contributed by atoms with E-state index >= 15 is 0 Å². The predicted octanol–water partition coefficient (Wildman–Crippen LogP) is 1.92. The van der Waals surface area contributed by atoms with Gasteiger partial charge in [0.25, 0.3) is 0 Å². The van der Waals surface area contributed by atoms with Crippen molar-refractivity contribution in [3.8, 4) is 5.75 Å². The van der Waals surface area contributed by atoms with Gasteiger partial charge in [-0.1, -0.05) is 18.2 Å². The number of hydrogen-bond donors (Lipinski definition) is 0. The van der Waals surface area contributed by atoms with E-state index in [1.54, 1.807) is 19.1 Å². The first kappa shape index (κ1) is 10.6. The molecule has 0 spiro atoms. The van der Waals surface area contributed by atoms with Gasteiger partial charge >= 0.3 is 0 Å². The highest BCUT2D eigenvalue weighted by molar-refractivity contribution is 6.10.